The molecule has 0 unspecified atom stereocenters. The fourth-order valence-corrected chi connectivity index (χ4v) is 2.13. The Labute approximate surface area is 135 Å². The van der Waals surface area contributed by atoms with Gasteiger partial charge in [-0.25, -0.2) is 0 Å². The van der Waals surface area contributed by atoms with Crippen LogP contribution in [0.5, 0.6) is 0 Å². The normalized spacial score (nSPS) is 10.0. The highest BCUT2D eigenvalue weighted by atomic mass is 79.9. The van der Waals surface area contributed by atoms with Crippen LogP contribution in [0.3, 0.4) is 0 Å². The van der Waals surface area contributed by atoms with Crippen molar-refractivity contribution < 1.29 is 9.59 Å². The Morgan fingerprint density at radius 3 is 2.33 bits per heavy atom. The van der Waals surface area contributed by atoms with Gasteiger partial charge in [0.25, 0.3) is 5.91 Å². The maximum absolute atomic E-state index is 11.8. The molecule has 6 heteroatoms. The average Bonchev–Trinajstić information content (AvgIpc) is 2.48. The molecule has 21 heavy (non-hydrogen) atoms. The molecular formula is C15H12BrClN2O2. The summed E-state index contributed by atoms with van der Waals surface area (Å²) in [6, 6.07) is 13.9. The van der Waals surface area contributed by atoms with Crippen LogP contribution in [-0.2, 0) is 11.2 Å². The van der Waals surface area contributed by atoms with Crippen LogP contribution in [0, 0.1) is 0 Å². The summed E-state index contributed by atoms with van der Waals surface area (Å²) < 4.78 is 0.877. The SMILES string of the molecule is O=C(Cc1ccccc1Cl)NNC(=O)c1ccc(Br)cc1. The van der Waals surface area contributed by atoms with E-state index >= 15 is 0 Å². The van der Waals surface area contributed by atoms with Gasteiger partial charge in [0.15, 0.2) is 0 Å². The van der Waals surface area contributed by atoms with Crippen molar-refractivity contribution in [3.05, 3.63) is 69.2 Å². The fourth-order valence-electron chi connectivity index (χ4n) is 1.66. The lowest BCUT2D eigenvalue weighted by Crippen LogP contribution is -2.42. The van der Waals surface area contributed by atoms with Crippen LogP contribution >= 0.6 is 27.5 Å². The second kappa shape index (κ2) is 7.24. The second-order valence-electron chi connectivity index (χ2n) is 4.28. The van der Waals surface area contributed by atoms with Crippen LogP contribution in [0.2, 0.25) is 5.02 Å². The van der Waals surface area contributed by atoms with Crippen molar-refractivity contribution in [1.29, 1.82) is 0 Å². The lowest BCUT2D eigenvalue weighted by Gasteiger charge is -2.08. The summed E-state index contributed by atoms with van der Waals surface area (Å²) in [6.45, 7) is 0. The zero-order valence-electron chi connectivity index (χ0n) is 10.9. The quantitative estimate of drug-likeness (QED) is 0.819. The first-order valence-electron chi connectivity index (χ1n) is 6.14. The molecule has 0 saturated carbocycles. The predicted molar refractivity (Wildman–Crippen MR) is 84.9 cm³/mol. The van der Waals surface area contributed by atoms with E-state index in [-0.39, 0.29) is 18.2 Å². The Bertz CT molecular complexity index is 659. The molecule has 0 aliphatic heterocycles. The lowest BCUT2D eigenvalue weighted by atomic mass is 10.1. The summed E-state index contributed by atoms with van der Waals surface area (Å²) in [5.74, 6) is -0.719. The van der Waals surface area contributed by atoms with Crippen LogP contribution in [0.1, 0.15) is 15.9 Å². The molecule has 0 saturated heterocycles. The number of hydrogen-bond donors (Lipinski definition) is 2. The van der Waals surface area contributed by atoms with E-state index in [1.54, 1.807) is 48.5 Å². The van der Waals surface area contributed by atoms with Crippen LogP contribution in [0.15, 0.2) is 53.0 Å². The monoisotopic (exact) mass is 366 g/mol. The van der Waals surface area contributed by atoms with E-state index in [0.717, 1.165) is 4.47 Å². The van der Waals surface area contributed by atoms with Crippen LogP contribution in [-0.4, -0.2) is 11.8 Å². The number of benzene rings is 2. The molecule has 0 fully saturated rings. The number of halogens is 2. The van der Waals surface area contributed by atoms with Gasteiger partial charge in [-0.05, 0) is 35.9 Å². The van der Waals surface area contributed by atoms with Crippen molar-refractivity contribution in [2.45, 2.75) is 6.42 Å². The third kappa shape index (κ3) is 4.58. The second-order valence-corrected chi connectivity index (χ2v) is 5.60. The van der Waals surface area contributed by atoms with Crippen molar-refractivity contribution in [3.8, 4) is 0 Å². The summed E-state index contributed by atoms with van der Waals surface area (Å²) in [6.07, 6.45) is 0.0975. The van der Waals surface area contributed by atoms with Crippen LogP contribution in [0.25, 0.3) is 0 Å². The fraction of sp³-hybridized carbons (Fsp3) is 0.0667. The van der Waals surface area contributed by atoms with Crippen molar-refractivity contribution in [3.63, 3.8) is 0 Å². The standard InChI is InChI=1S/C15H12BrClN2O2/c16-12-7-5-10(6-8-12)15(21)19-18-14(20)9-11-3-1-2-4-13(11)17/h1-8H,9H2,(H,18,20)(H,19,21). The molecule has 0 aliphatic carbocycles. The van der Waals surface area contributed by atoms with Gasteiger partial charge in [-0.15, -0.1) is 0 Å². The Hall–Kier alpha value is -1.85. The number of amides is 2. The molecule has 0 radical (unpaired) electrons. The molecule has 0 atom stereocenters. The zero-order chi connectivity index (χ0) is 15.2. The zero-order valence-corrected chi connectivity index (χ0v) is 13.2. The number of hydrazine groups is 1. The third-order valence-corrected chi connectivity index (χ3v) is 3.63. The molecule has 2 aromatic carbocycles. The molecule has 0 aromatic heterocycles. The topological polar surface area (TPSA) is 58.2 Å². The van der Waals surface area contributed by atoms with Gasteiger partial charge in [0, 0.05) is 15.1 Å². The summed E-state index contributed by atoms with van der Waals surface area (Å²) in [7, 11) is 0. The molecule has 0 spiro atoms. The molecule has 2 N–H and O–H groups in total. The first-order valence-corrected chi connectivity index (χ1v) is 7.31. The maximum atomic E-state index is 11.8. The van der Waals surface area contributed by atoms with Gasteiger partial charge in [0.1, 0.15) is 0 Å². The smallest absolute Gasteiger partial charge is 0.269 e. The van der Waals surface area contributed by atoms with E-state index < -0.39 is 0 Å². The molecule has 4 nitrogen and oxygen atoms in total. The van der Waals surface area contributed by atoms with Crippen LogP contribution < -0.4 is 10.9 Å². The number of carbonyl (C=O) groups is 2. The summed E-state index contributed by atoms with van der Waals surface area (Å²) in [4.78, 5) is 23.6. The van der Waals surface area contributed by atoms with Crippen molar-refractivity contribution in [2.24, 2.45) is 0 Å². The Morgan fingerprint density at radius 2 is 1.67 bits per heavy atom. The summed E-state index contributed by atoms with van der Waals surface area (Å²) >= 11 is 9.26. The molecule has 2 rings (SSSR count). The number of nitrogens with one attached hydrogen (secondary N) is 2. The molecule has 108 valence electrons. The highest BCUT2D eigenvalue weighted by molar-refractivity contribution is 9.10. The molecule has 0 bridgehead atoms. The number of rotatable bonds is 3. The highest BCUT2D eigenvalue weighted by Gasteiger charge is 2.09. The number of carbonyl (C=O) groups excluding carboxylic acids is 2. The van der Waals surface area contributed by atoms with Gasteiger partial charge < -0.3 is 0 Å². The minimum absolute atomic E-state index is 0.0975. The Balaban J connectivity index is 1.88. The average molecular weight is 368 g/mol. The van der Waals surface area contributed by atoms with Gasteiger partial charge >= 0.3 is 0 Å². The van der Waals surface area contributed by atoms with E-state index in [0.29, 0.717) is 16.1 Å². The first-order chi connectivity index (χ1) is 10.1. The van der Waals surface area contributed by atoms with Crippen molar-refractivity contribution in [1.82, 2.24) is 10.9 Å². The third-order valence-electron chi connectivity index (χ3n) is 2.73. The Kier molecular flexibility index (Phi) is 5.36. The largest absolute Gasteiger partial charge is 0.273 e. The predicted octanol–water partition coefficient (Wildman–Crippen LogP) is 3.11. The van der Waals surface area contributed by atoms with Crippen molar-refractivity contribution >= 4 is 39.3 Å². The van der Waals surface area contributed by atoms with Gasteiger partial charge in [0.05, 0.1) is 6.42 Å². The van der Waals surface area contributed by atoms with Gasteiger partial charge in [-0.1, -0.05) is 45.7 Å². The minimum Gasteiger partial charge on any atom is -0.273 e. The van der Waals surface area contributed by atoms with Gasteiger partial charge in [0.2, 0.25) is 5.91 Å². The minimum atomic E-state index is -0.380. The molecule has 0 aliphatic rings. The van der Waals surface area contributed by atoms with E-state index in [2.05, 4.69) is 26.8 Å². The van der Waals surface area contributed by atoms with Crippen molar-refractivity contribution in [2.75, 3.05) is 0 Å². The van der Waals surface area contributed by atoms with Crippen LogP contribution in [0.4, 0.5) is 0 Å². The summed E-state index contributed by atoms with van der Waals surface area (Å²) in [5, 5.41) is 0.520. The van der Waals surface area contributed by atoms with E-state index in [9.17, 15) is 9.59 Å². The van der Waals surface area contributed by atoms with E-state index in [4.69, 9.17) is 11.6 Å². The molecule has 2 aromatic rings. The summed E-state index contributed by atoms with van der Waals surface area (Å²) in [5.41, 5.74) is 5.88. The van der Waals surface area contributed by atoms with E-state index in [1.165, 1.54) is 0 Å². The van der Waals surface area contributed by atoms with Gasteiger partial charge in [-0.2, -0.15) is 0 Å². The molecular weight excluding hydrogens is 356 g/mol. The van der Waals surface area contributed by atoms with Gasteiger partial charge in [-0.3, -0.25) is 20.4 Å². The number of hydrogen-bond acceptors (Lipinski definition) is 2. The van der Waals surface area contributed by atoms with E-state index in [1.807, 2.05) is 0 Å². The highest BCUT2D eigenvalue weighted by Crippen LogP contribution is 2.15. The Morgan fingerprint density at radius 1 is 1.00 bits per heavy atom. The molecule has 0 heterocycles. The lowest BCUT2D eigenvalue weighted by molar-refractivity contribution is -0.121. The molecule has 2 amide bonds. The first kappa shape index (κ1) is 15.5. The maximum Gasteiger partial charge on any atom is 0.269 e.